The number of benzene rings is 1. The third-order valence-corrected chi connectivity index (χ3v) is 4.15. The molecular weight excluding hydrogens is 310 g/mol. The van der Waals surface area contributed by atoms with Gasteiger partial charge in [0.25, 0.3) is 5.56 Å². The molecule has 0 aliphatic carbocycles. The first kappa shape index (κ1) is 15.7. The van der Waals surface area contributed by atoms with Crippen LogP contribution >= 0.6 is 11.8 Å². The van der Waals surface area contributed by atoms with Gasteiger partial charge in [-0.25, -0.2) is 9.50 Å². The van der Waals surface area contributed by atoms with Crippen LogP contribution in [0.3, 0.4) is 0 Å². The number of nitrogens with one attached hydrogen (secondary N) is 1. The molecule has 3 rings (SSSR count). The maximum atomic E-state index is 12.2. The van der Waals surface area contributed by atoms with Crippen LogP contribution in [0.1, 0.15) is 12.6 Å². The number of hydrogen-bond acceptors (Lipinski definition) is 4. The van der Waals surface area contributed by atoms with E-state index in [4.69, 9.17) is 4.74 Å². The molecule has 0 aliphatic heterocycles. The lowest BCUT2D eigenvalue weighted by atomic mass is 10.1. The zero-order chi connectivity index (χ0) is 16.2. The largest absolute Gasteiger partial charge is 0.494 e. The number of ether oxygens (including phenoxy) is 1. The first-order valence-corrected chi connectivity index (χ1v) is 8.94. The summed E-state index contributed by atoms with van der Waals surface area (Å²) >= 11 is 1.75. The second-order valence-electron chi connectivity index (χ2n) is 5.15. The van der Waals surface area contributed by atoms with Crippen LogP contribution in [0, 0.1) is 0 Å². The van der Waals surface area contributed by atoms with E-state index >= 15 is 0 Å². The van der Waals surface area contributed by atoms with Crippen LogP contribution in [0.2, 0.25) is 0 Å². The Labute approximate surface area is 138 Å². The highest BCUT2D eigenvalue weighted by Gasteiger charge is 2.08. The Bertz CT molecular complexity index is 852. The van der Waals surface area contributed by atoms with Gasteiger partial charge in [-0.15, -0.1) is 0 Å². The van der Waals surface area contributed by atoms with Crippen molar-refractivity contribution >= 4 is 17.4 Å². The maximum absolute atomic E-state index is 12.2. The molecule has 0 atom stereocenters. The van der Waals surface area contributed by atoms with Crippen molar-refractivity contribution in [3.8, 4) is 17.0 Å². The summed E-state index contributed by atoms with van der Waals surface area (Å²) < 4.78 is 6.93. The van der Waals surface area contributed by atoms with Gasteiger partial charge < -0.3 is 4.74 Å². The smallest absolute Gasteiger partial charge is 0.272 e. The predicted molar refractivity (Wildman–Crippen MR) is 94.5 cm³/mol. The molecule has 5 nitrogen and oxygen atoms in total. The Morgan fingerprint density at radius 3 is 2.74 bits per heavy atom. The van der Waals surface area contributed by atoms with Crippen molar-refractivity contribution < 1.29 is 4.74 Å². The van der Waals surface area contributed by atoms with Gasteiger partial charge >= 0.3 is 0 Å². The molecule has 0 amide bonds. The van der Waals surface area contributed by atoms with E-state index in [-0.39, 0.29) is 5.56 Å². The van der Waals surface area contributed by atoms with Crippen molar-refractivity contribution in [2.24, 2.45) is 0 Å². The second kappa shape index (κ2) is 6.91. The number of nitrogens with zero attached hydrogens (tertiary/aromatic N) is 2. The van der Waals surface area contributed by atoms with Crippen LogP contribution in [0.5, 0.6) is 5.75 Å². The van der Waals surface area contributed by atoms with Crippen molar-refractivity contribution in [1.82, 2.24) is 14.6 Å². The topological polar surface area (TPSA) is 59.4 Å². The summed E-state index contributed by atoms with van der Waals surface area (Å²) in [5.74, 6) is 1.79. The van der Waals surface area contributed by atoms with Crippen molar-refractivity contribution in [2.45, 2.75) is 13.3 Å². The van der Waals surface area contributed by atoms with E-state index in [2.05, 4.69) is 10.1 Å². The molecule has 0 unspecified atom stereocenters. The van der Waals surface area contributed by atoms with Crippen molar-refractivity contribution in [2.75, 3.05) is 18.6 Å². The molecule has 0 fully saturated rings. The Morgan fingerprint density at radius 2 is 2.04 bits per heavy atom. The van der Waals surface area contributed by atoms with E-state index in [9.17, 15) is 4.79 Å². The lowest BCUT2D eigenvalue weighted by molar-refractivity contribution is 0.340. The number of aryl methyl sites for hydroxylation is 1. The van der Waals surface area contributed by atoms with Gasteiger partial charge in [0, 0.05) is 17.8 Å². The fourth-order valence-corrected chi connectivity index (χ4v) is 2.83. The molecule has 120 valence electrons. The zero-order valence-corrected chi connectivity index (χ0v) is 14.0. The minimum absolute atomic E-state index is 0.0803. The fourth-order valence-electron chi connectivity index (χ4n) is 2.42. The number of hydrogen-bond donors (Lipinski definition) is 1. The monoisotopic (exact) mass is 329 g/mol. The highest BCUT2D eigenvalue weighted by Crippen LogP contribution is 2.22. The first-order chi connectivity index (χ1) is 11.2. The van der Waals surface area contributed by atoms with Gasteiger partial charge in [0.2, 0.25) is 0 Å². The molecule has 3 aromatic rings. The molecule has 2 heterocycles. The van der Waals surface area contributed by atoms with Gasteiger partial charge in [0.1, 0.15) is 5.75 Å². The fraction of sp³-hybridized carbons (Fsp3) is 0.294. The van der Waals surface area contributed by atoms with Crippen LogP contribution in [-0.2, 0) is 6.42 Å². The molecule has 1 N–H and O–H groups in total. The van der Waals surface area contributed by atoms with E-state index in [1.165, 1.54) is 4.52 Å². The van der Waals surface area contributed by atoms with E-state index < -0.39 is 0 Å². The van der Waals surface area contributed by atoms with Crippen LogP contribution in [0.15, 0.2) is 41.2 Å². The summed E-state index contributed by atoms with van der Waals surface area (Å²) in [6, 6.07) is 11.3. The molecule has 0 bridgehead atoms. The van der Waals surface area contributed by atoms with E-state index in [1.807, 2.05) is 43.5 Å². The molecule has 6 heteroatoms. The lowest BCUT2D eigenvalue weighted by Gasteiger charge is -2.03. The number of H-pyrrole nitrogens is 1. The molecule has 0 saturated heterocycles. The third-order valence-electron chi connectivity index (χ3n) is 3.54. The first-order valence-electron chi connectivity index (χ1n) is 7.55. The van der Waals surface area contributed by atoms with E-state index in [0.717, 1.165) is 34.9 Å². The van der Waals surface area contributed by atoms with E-state index in [1.54, 1.807) is 17.8 Å². The molecule has 1 aromatic carbocycles. The van der Waals surface area contributed by atoms with Gasteiger partial charge in [0.15, 0.2) is 5.65 Å². The van der Waals surface area contributed by atoms with Crippen LogP contribution in [0.4, 0.5) is 0 Å². The molecule has 23 heavy (non-hydrogen) atoms. The molecular formula is C17H19N3O2S. The normalized spacial score (nSPS) is 11.0. The van der Waals surface area contributed by atoms with Gasteiger partial charge in [-0.2, -0.15) is 11.8 Å². The standard InChI is InChI=1S/C17H19N3O2S/c1-3-22-14-6-4-12(5-7-14)15-11-16-18-13(8-9-23-2)10-17(21)20(16)19-15/h4-7,10-11,19H,3,8-9H2,1-2H3. The summed E-state index contributed by atoms with van der Waals surface area (Å²) in [7, 11) is 0. The van der Waals surface area contributed by atoms with Gasteiger partial charge in [-0.05, 0) is 55.2 Å². The predicted octanol–water partition coefficient (Wildman–Crippen LogP) is 2.99. The Balaban J connectivity index is 1.95. The summed E-state index contributed by atoms with van der Waals surface area (Å²) in [5.41, 5.74) is 3.26. The number of fused-ring (bicyclic) bond motifs is 1. The zero-order valence-electron chi connectivity index (χ0n) is 13.2. The SMILES string of the molecule is CCOc1ccc(-c2cc3nc(CCSC)cc(=O)n3[nH]2)cc1. The Morgan fingerprint density at radius 1 is 1.26 bits per heavy atom. The third kappa shape index (κ3) is 3.42. The molecule has 2 aromatic heterocycles. The van der Waals surface area contributed by atoms with Crippen LogP contribution < -0.4 is 10.3 Å². The summed E-state index contributed by atoms with van der Waals surface area (Å²) in [6.07, 6.45) is 2.85. The molecule has 0 saturated carbocycles. The van der Waals surface area contributed by atoms with E-state index in [0.29, 0.717) is 12.3 Å². The van der Waals surface area contributed by atoms with Crippen molar-refractivity contribution in [3.05, 3.63) is 52.4 Å². The number of aromatic amines is 1. The molecule has 0 radical (unpaired) electrons. The Hall–Kier alpha value is -2.21. The summed E-state index contributed by atoms with van der Waals surface area (Å²) in [4.78, 5) is 16.8. The highest BCUT2D eigenvalue weighted by molar-refractivity contribution is 7.98. The van der Waals surface area contributed by atoms with Crippen molar-refractivity contribution in [3.63, 3.8) is 0 Å². The quantitative estimate of drug-likeness (QED) is 0.755. The van der Waals surface area contributed by atoms with Crippen LogP contribution in [-0.4, -0.2) is 33.2 Å². The lowest BCUT2D eigenvalue weighted by Crippen LogP contribution is -2.15. The van der Waals surface area contributed by atoms with Crippen molar-refractivity contribution in [1.29, 1.82) is 0 Å². The number of thioether (sulfide) groups is 1. The maximum Gasteiger partial charge on any atom is 0.272 e. The summed E-state index contributed by atoms with van der Waals surface area (Å²) in [5, 5.41) is 3.11. The van der Waals surface area contributed by atoms with Crippen LogP contribution in [0.25, 0.3) is 16.9 Å². The Kier molecular flexibility index (Phi) is 4.71. The second-order valence-corrected chi connectivity index (χ2v) is 6.13. The van der Waals surface area contributed by atoms with Gasteiger partial charge in [0.05, 0.1) is 12.3 Å². The van der Waals surface area contributed by atoms with Gasteiger partial charge in [-0.1, -0.05) is 0 Å². The summed E-state index contributed by atoms with van der Waals surface area (Å²) in [6.45, 7) is 2.60. The minimum Gasteiger partial charge on any atom is -0.494 e. The molecule has 0 aliphatic rings. The minimum atomic E-state index is -0.0803. The average molecular weight is 329 g/mol. The van der Waals surface area contributed by atoms with Gasteiger partial charge in [-0.3, -0.25) is 9.89 Å². The number of aromatic nitrogens is 3. The average Bonchev–Trinajstić information content (AvgIpc) is 2.98. The highest BCUT2D eigenvalue weighted by atomic mass is 32.2. The molecule has 0 spiro atoms. The number of rotatable bonds is 6.